The van der Waals surface area contributed by atoms with Crippen LogP contribution in [0.25, 0.3) is 6.08 Å². The highest BCUT2D eigenvalue weighted by Gasteiger charge is 2.25. The van der Waals surface area contributed by atoms with Crippen molar-refractivity contribution in [2.45, 2.75) is 26.7 Å². The van der Waals surface area contributed by atoms with Crippen LogP contribution in [0.5, 0.6) is 0 Å². The summed E-state index contributed by atoms with van der Waals surface area (Å²) in [6.45, 7) is 6.21. The quantitative estimate of drug-likeness (QED) is 0.549. The third kappa shape index (κ3) is 5.86. The van der Waals surface area contributed by atoms with Gasteiger partial charge < -0.3 is 4.90 Å². The third-order valence-electron chi connectivity index (χ3n) is 5.87. The molecule has 0 amide bonds. The Balaban J connectivity index is 1.53. The van der Waals surface area contributed by atoms with Gasteiger partial charge >= 0.3 is 0 Å². The van der Waals surface area contributed by atoms with Gasteiger partial charge in [0.25, 0.3) is 0 Å². The SMILES string of the molecule is Cc1nc(C)c(Cc2ccccc2)c(N2CCCN(S(=O)(=O)C=Cc3ccccc3)CC2)n1. The van der Waals surface area contributed by atoms with Crippen LogP contribution in [0.15, 0.2) is 66.1 Å². The van der Waals surface area contributed by atoms with Crippen molar-refractivity contribution in [1.82, 2.24) is 14.3 Å². The number of anilines is 1. The first kappa shape index (κ1) is 23.1. The predicted molar refractivity (Wildman–Crippen MR) is 134 cm³/mol. The molecule has 1 aromatic heterocycles. The highest BCUT2D eigenvalue weighted by Crippen LogP contribution is 2.25. The Morgan fingerprint density at radius 3 is 2.30 bits per heavy atom. The van der Waals surface area contributed by atoms with E-state index in [1.165, 1.54) is 11.0 Å². The lowest BCUT2D eigenvalue weighted by atomic mass is 10.0. The van der Waals surface area contributed by atoms with Gasteiger partial charge in [0.05, 0.1) is 0 Å². The fraction of sp³-hybridized carbons (Fsp3) is 0.308. The zero-order valence-electron chi connectivity index (χ0n) is 19.2. The summed E-state index contributed by atoms with van der Waals surface area (Å²) < 4.78 is 27.5. The smallest absolute Gasteiger partial charge is 0.236 e. The van der Waals surface area contributed by atoms with E-state index in [2.05, 4.69) is 22.0 Å². The molecule has 1 aliphatic heterocycles. The number of aromatic nitrogens is 2. The molecule has 0 unspecified atom stereocenters. The van der Waals surface area contributed by atoms with Crippen LogP contribution in [0.3, 0.4) is 0 Å². The Hall–Kier alpha value is -3.03. The van der Waals surface area contributed by atoms with E-state index in [1.807, 2.05) is 62.4 Å². The number of hydrogen-bond donors (Lipinski definition) is 0. The second kappa shape index (κ2) is 10.3. The van der Waals surface area contributed by atoms with Crippen LogP contribution >= 0.6 is 0 Å². The number of hydrogen-bond acceptors (Lipinski definition) is 5. The Morgan fingerprint density at radius 1 is 0.879 bits per heavy atom. The predicted octanol–water partition coefficient (Wildman–Crippen LogP) is 4.20. The first-order chi connectivity index (χ1) is 15.9. The average Bonchev–Trinajstić information content (AvgIpc) is 3.08. The van der Waals surface area contributed by atoms with Gasteiger partial charge in [0.15, 0.2) is 0 Å². The second-order valence-electron chi connectivity index (χ2n) is 8.32. The Bertz CT molecular complexity index is 1210. The summed E-state index contributed by atoms with van der Waals surface area (Å²) in [6.07, 6.45) is 3.15. The number of benzene rings is 2. The van der Waals surface area contributed by atoms with E-state index < -0.39 is 10.0 Å². The molecule has 2 aromatic carbocycles. The van der Waals surface area contributed by atoms with Gasteiger partial charge in [-0.25, -0.2) is 18.4 Å². The minimum Gasteiger partial charge on any atom is -0.355 e. The van der Waals surface area contributed by atoms with E-state index in [4.69, 9.17) is 4.98 Å². The molecule has 3 aromatic rings. The second-order valence-corrected chi connectivity index (χ2v) is 10.1. The topological polar surface area (TPSA) is 66.4 Å². The average molecular weight is 463 g/mol. The fourth-order valence-electron chi connectivity index (χ4n) is 4.16. The normalized spacial score (nSPS) is 15.6. The van der Waals surface area contributed by atoms with Gasteiger partial charge in [-0.15, -0.1) is 0 Å². The lowest BCUT2D eigenvalue weighted by Gasteiger charge is -2.25. The van der Waals surface area contributed by atoms with Crippen LogP contribution < -0.4 is 4.90 Å². The molecule has 33 heavy (non-hydrogen) atoms. The number of rotatable bonds is 6. The molecule has 4 rings (SSSR count). The molecule has 0 radical (unpaired) electrons. The van der Waals surface area contributed by atoms with E-state index in [9.17, 15) is 8.42 Å². The van der Waals surface area contributed by atoms with Crippen molar-refractivity contribution >= 4 is 21.9 Å². The van der Waals surface area contributed by atoms with Crippen molar-refractivity contribution in [2.75, 3.05) is 31.1 Å². The number of aryl methyl sites for hydroxylation is 2. The van der Waals surface area contributed by atoms with Crippen LogP contribution in [0, 0.1) is 13.8 Å². The summed E-state index contributed by atoms with van der Waals surface area (Å²) in [4.78, 5) is 11.6. The molecule has 1 aliphatic rings. The molecule has 0 atom stereocenters. The van der Waals surface area contributed by atoms with Crippen molar-refractivity contribution in [1.29, 1.82) is 0 Å². The molecule has 0 bridgehead atoms. The van der Waals surface area contributed by atoms with Crippen LogP contribution in [-0.2, 0) is 16.4 Å². The standard InChI is InChI=1S/C26H30N4O2S/c1-21-25(20-24-12-7-4-8-13-24)26(28-22(2)27-21)29-15-9-16-30(18-17-29)33(31,32)19-14-23-10-5-3-6-11-23/h3-8,10-14,19H,9,15-18,20H2,1-2H3. The molecule has 2 heterocycles. The minimum absolute atomic E-state index is 0.425. The van der Waals surface area contributed by atoms with Gasteiger partial charge in [-0.2, -0.15) is 4.31 Å². The van der Waals surface area contributed by atoms with Crippen molar-refractivity contribution in [3.8, 4) is 0 Å². The molecule has 1 fully saturated rings. The van der Waals surface area contributed by atoms with Gasteiger partial charge in [-0.05, 0) is 37.5 Å². The zero-order chi connectivity index (χ0) is 23.3. The first-order valence-corrected chi connectivity index (χ1v) is 12.8. The van der Waals surface area contributed by atoms with E-state index in [-0.39, 0.29) is 0 Å². The largest absolute Gasteiger partial charge is 0.355 e. The van der Waals surface area contributed by atoms with Gasteiger partial charge in [0, 0.05) is 49.3 Å². The summed E-state index contributed by atoms with van der Waals surface area (Å²) in [5.41, 5.74) is 4.15. The molecule has 0 aliphatic carbocycles. The molecular weight excluding hydrogens is 432 g/mol. The van der Waals surface area contributed by atoms with Gasteiger partial charge in [0.1, 0.15) is 11.6 Å². The summed E-state index contributed by atoms with van der Waals surface area (Å²) >= 11 is 0. The van der Waals surface area contributed by atoms with Gasteiger partial charge in [-0.3, -0.25) is 0 Å². The maximum absolute atomic E-state index is 13.0. The molecule has 0 N–H and O–H groups in total. The van der Waals surface area contributed by atoms with Crippen LogP contribution in [0.1, 0.15) is 34.6 Å². The molecule has 6 nitrogen and oxygen atoms in total. The molecule has 7 heteroatoms. The number of sulfonamides is 1. The van der Waals surface area contributed by atoms with Gasteiger partial charge in [0.2, 0.25) is 10.0 Å². The maximum Gasteiger partial charge on any atom is 0.236 e. The summed E-state index contributed by atoms with van der Waals surface area (Å²) in [5.74, 6) is 1.65. The fourth-order valence-corrected chi connectivity index (χ4v) is 5.38. The summed E-state index contributed by atoms with van der Waals surface area (Å²) in [5, 5.41) is 1.32. The lowest BCUT2D eigenvalue weighted by Crippen LogP contribution is -2.34. The molecule has 0 spiro atoms. The molecule has 1 saturated heterocycles. The van der Waals surface area contributed by atoms with Crippen molar-refractivity contribution in [3.05, 3.63) is 94.3 Å². The Kier molecular flexibility index (Phi) is 7.20. The highest BCUT2D eigenvalue weighted by atomic mass is 32.2. The number of nitrogens with zero attached hydrogens (tertiary/aromatic N) is 4. The summed E-state index contributed by atoms with van der Waals surface area (Å²) in [7, 11) is -3.49. The van der Waals surface area contributed by atoms with Gasteiger partial charge in [-0.1, -0.05) is 60.7 Å². The van der Waals surface area contributed by atoms with Crippen LogP contribution in [-0.4, -0.2) is 48.9 Å². The highest BCUT2D eigenvalue weighted by molar-refractivity contribution is 7.92. The zero-order valence-corrected chi connectivity index (χ0v) is 20.0. The third-order valence-corrected chi connectivity index (χ3v) is 7.44. The van der Waals surface area contributed by atoms with Crippen LogP contribution in [0.4, 0.5) is 5.82 Å². The maximum atomic E-state index is 13.0. The van der Waals surface area contributed by atoms with E-state index in [1.54, 1.807) is 10.4 Å². The van der Waals surface area contributed by atoms with Crippen molar-refractivity contribution in [2.24, 2.45) is 0 Å². The Morgan fingerprint density at radius 2 is 1.58 bits per heavy atom. The first-order valence-electron chi connectivity index (χ1n) is 11.3. The molecule has 172 valence electrons. The van der Waals surface area contributed by atoms with E-state index >= 15 is 0 Å². The van der Waals surface area contributed by atoms with Crippen molar-refractivity contribution in [3.63, 3.8) is 0 Å². The van der Waals surface area contributed by atoms with E-state index in [0.29, 0.717) is 19.6 Å². The van der Waals surface area contributed by atoms with E-state index in [0.717, 1.165) is 47.8 Å². The minimum atomic E-state index is -3.49. The lowest BCUT2D eigenvalue weighted by molar-refractivity contribution is 0.440. The van der Waals surface area contributed by atoms with Crippen LogP contribution in [0.2, 0.25) is 0 Å². The van der Waals surface area contributed by atoms with Crippen molar-refractivity contribution < 1.29 is 8.42 Å². The molecule has 0 saturated carbocycles. The summed E-state index contributed by atoms with van der Waals surface area (Å²) in [6, 6.07) is 19.8. The monoisotopic (exact) mass is 462 g/mol. The Labute approximate surface area is 196 Å². The molecular formula is C26H30N4O2S.